The van der Waals surface area contributed by atoms with Gasteiger partial charge < -0.3 is 9.67 Å². The molecule has 0 bridgehead atoms. The van der Waals surface area contributed by atoms with Crippen molar-refractivity contribution < 1.29 is 5.11 Å². The maximum atomic E-state index is 11.0. The molecule has 0 aliphatic rings. The van der Waals surface area contributed by atoms with Crippen molar-refractivity contribution in [3.8, 4) is 0 Å². The molecular formula is C8H11NO2. The second-order valence-corrected chi connectivity index (χ2v) is 2.54. The summed E-state index contributed by atoms with van der Waals surface area (Å²) in [4.78, 5) is 11.0. The number of rotatable bonds is 2. The molecule has 1 N–H and O–H groups in total. The van der Waals surface area contributed by atoms with Gasteiger partial charge in [-0.2, -0.15) is 0 Å². The first-order chi connectivity index (χ1) is 5.20. The fraction of sp³-hybridized carbons (Fsp3) is 0.375. The third-order valence-corrected chi connectivity index (χ3v) is 1.36. The van der Waals surface area contributed by atoms with Crippen LogP contribution in [0.3, 0.4) is 0 Å². The summed E-state index contributed by atoms with van der Waals surface area (Å²) in [5.74, 6) is 0. The van der Waals surface area contributed by atoms with E-state index >= 15 is 0 Å². The van der Waals surface area contributed by atoms with Crippen LogP contribution in [0.1, 0.15) is 6.92 Å². The standard InChI is InChI=1S/C8H11NO2/c1-7(10)6-9-5-3-2-4-8(9)11/h2-5,7,10H,6H2,1H3. The first-order valence-corrected chi connectivity index (χ1v) is 3.53. The fourth-order valence-electron chi connectivity index (χ4n) is 0.896. The summed E-state index contributed by atoms with van der Waals surface area (Å²) in [6.45, 7) is 2.01. The van der Waals surface area contributed by atoms with E-state index in [1.54, 1.807) is 25.3 Å². The Balaban J connectivity index is 2.87. The van der Waals surface area contributed by atoms with Gasteiger partial charge in [-0.25, -0.2) is 0 Å². The van der Waals surface area contributed by atoms with Crippen molar-refractivity contribution >= 4 is 0 Å². The van der Waals surface area contributed by atoms with Gasteiger partial charge in [0, 0.05) is 12.3 Å². The third-order valence-electron chi connectivity index (χ3n) is 1.36. The minimum Gasteiger partial charge on any atom is -0.392 e. The van der Waals surface area contributed by atoms with Gasteiger partial charge in [0.25, 0.3) is 5.56 Å². The number of hydrogen-bond acceptors (Lipinski definition) is 2. The van der Waals surface area contributed by atoms with E-state index in [1.165, 1.54) is 10.6 Å². The van der Waals surface area contributed by atoms with Crippen LogP contribution in [0.2, 0.25) is 0 Å². The predicted molar refractivity (Wildman–Crippen MR) is 42.4 cm³/mol. The van der Waals surface area contributed by atoms with Crippen LogP contribution in [0.4, 0.5) is 0 Å². The molecule has 0 aliphatic heterocycles. The van der Waals surface area contributed by atoms with E-state index in [0.29, 0.717) is 6.54 Å². The molecule has 1 unspecified atom stereocenters. The van der Waals surface area contributed by atoms with Gasteiger partial charge in [-0.05, 0) is 13.0 Å². The average molecular weight is 153 g/mol. The van der Waals surface area contributed by atoms with Crippen LogP contribution in [-0.2, 0) is 6.54 Å². The van der Waals surface area contributed by atoms with Crippen LogP contribution < -0.4 is 5.56 Å². The number of aliphatic hydroxyl groups excluding tert-OH is 1. The number of aliphatic hydroxyl groups is 1. The fourth-order valence-corrected chi connectivity index (χ4v) is 0.896. The zero-order chi connectivity index (χ0) is 8.27. The molecule has 0 radical (unpaired) electrons. The maximum absolute atomic E-state index is 11.0. The quantitative estimate of drug-likeness (QED) is 0.660. The molecule has 1 aromatic rings. The maximum Gasteiger partial charge on any atom is 0.250 e. The van der Waals surface area contributed by atoms with Crippen LogP contribution in [-0.4, -0.2) is 15.8 Å². The van der Waals surface area contributed by atoms with Crippen LogP contribution in [0, 0.1) is 0 Å². The lowest BCUT2D eigenvalue weighted by Crippen LogP contribution is -2.23. The summed E-state index contributed by atoms with van der Waals surface area (Å²) in [6.07, 6.45) is 1.18. The number of pyridine rings is 1. The molecule has 1 heterocycles. The van der Waals surface area contributed by atoms with Gasteiger partial charge in [0.2, 0.25) is 0 Å². The van der Waals surface area contributed by atoms with E-state index in [0.717, 1.165) is 0 Å². The average Bonchev–Trinajstić information content (AvgIpc) is 1.93. The van der Waals surface area contributed by atoms with Crippen molar-refractivity contribution in [2.45, 2.75) is 19.6 Å². The van der Waals surface area contributed by atoms with Crippen LogP contribution >= 0.6 is 0 Å². The zero-order valence-corrected chi connectivity index (χ0v) is 6.40. The van der Waals surface area contributed by atoms with Gasteiger partial charge in [-0.3, -0.25) is 4.79 Å². The molecular weight excluding hydrogens is 142 g/mol. The number of aromatic nitrogens is 1. The second-order valence-electron chi connectivity index (χ2n) is 2.54. The van der Waals surface area contributed by atoms with E-state index in [-0.39, 0.29) is 5.56 Å². The van der Waals surface area contributed by atoms with E-state index in [9.17, 15) is 4.79 Å². The summed E-state index contributed by atoms with van der Waals surface area (Å²) in [7, 11) is 0. The summed E-state index contributed by atoms with van der Waals surface area (Å²) >= 11 is 0. The molecule has 1 atom stereocenters. The molecule has 0 fully saturated rings. The van der Waals surface area contributed by atoms with Crippen molar-refractivity contribution in [3.05, 3.63) is 34.7 Å². The second kappa shape index (κ2) is 3.34. The summed E-state index contributed by atoms with van der Waals surface area (Å²) in [6, 6.07) is 4.92. The summed E-state index contributed by atoms with van der Waals surface area (Å²) in [5, 5.41) is 8.97. The van der Waals surface area contributed by atoms with Crippen molar-refractivity contribution in [1.82, 2.24) is 4.57 Å². The van der Waals surface area contributed by atoms with E-state index in [1.807, 2.05) is 0 Å². The van der Waals surface area contributed by atoms with Gasteiger partial charge >= 0.3 is 0 Å². The smallest absolute Gasteiger partial charge is 0.250 e. The number of nitrogens with zero attached hydrogens (tertiary/aromatic N) is 1. The lowest BCUT2D eigenvalue weighted by molar-refractivity contribution is 0.172. The molecule has 0 spiro atoms. The SMILES string of the molecule is CC(O)Cn1ccccc1=O. The highest BCUT2D eigenvalue weighted by Gasteiger charge is 1.97. The highest BCUT2D eigenvalue weighted by atomic mass is 16.3. The van der Waals surface area contributed by atoms with Crippen molar-refractivity contribution in [1.29, 1.82) is 0 Å². The molecule has 1 aromatic heterocycles. The van der Waals surface area contributed by atoms with Gasteiger partial charge in [0.1, 0.15) is 0 Å². The first kappa shape index (κ1) is 8.01. The molecule has 0 aromatic carbocycles. The first-order valence-electron chi connectivity index (χ1n) is 3.53. The molecule has 0 amide bonds. The Kier molecular flexibility index (Phi) is 2.44. The Hall–Kier alpha value is -1.09. The van der Waals surface area contributed by atoms with Crippen molar-refractivity contribution in [3.63, 3.8) is 0 Å². The van der Waals surface area contributed by atoms with Gasteiger partial charge in [0.15, 0.2) is 0 Å². The molecule has 60 valence electrons. The molecule has 0 saturated heterocycles. The number of hydrogen-bond donors (Lipinski definition) is 1. The third kappa shape index (κ3) is 2.20. The minimum atomic E-state index is -0.477. The molecule has 3 heteroatoms. The van der Waals surface area contributed by atoms with Gasteiger partial charge in [0.05, 0.1) is 12.6 Å². The van der Waals surface area contributed by atoms with E-state index in [4.69, 9.17) is 5.11 Å². The molecule has 1 rings (SSSR count). The lowest BCUT2D eigenvalue weighted by Gasteiger charge is -2.05. The Bertz CT molecular complexity index is 277. The monoisotopic (exact) mass is 153 g/mol. The molecule has 0 aliphatic carbocycles. The summed E-state index contributed by atoms with van der Waals surface area (Å²) in [5.41, 5.74) is -0.0756. The van der Waals surface area contributed by atoms with Crippen LogP contribution in [0.5, 0.6) is 0 Å². The largest absolute Gasteiger partial charge is 0.392 e. The topological polar surface area (TPSA) is 42.2 Å². The molecule has 3 nitrogen and oxygen atoms in total. The highest BCUT2D eigenvalue weighted by Crippen LogP contribution is 1.86. The van der Waals surface area contributed by atoms with Gasteiger partial charge in [-0.1, -0.05) is 6.07 Å². The Morgan fingerprint density at radius 3 is 2.91 bits per heavy atom. The summed E-state index contributed by atoms with van der Waals surface area (Å²) < 4.78 is 1.48. The van der Waals surface area contributed by atoms with Gasteiger partial charge in [-0.15, -0.1) is 0 Å². The lowest BCUT2D eigenvalue weighted by atomic mass is 10.4. The normalized spacial score (nSPS) is 12.9. The Morgan fingerprint density at radius 1 is 1.64 bits per heavy atom. The zero-order valence-electron chi connectivity index (χ0n) is 6.40. The predicted octanol–water partition coefficient (Wildman–Crippen LogP) is 0.229. The molecule has 0 saturated carbocycles. The van der Waals surface area contributed by atoms with Crippen LogP contribution in [0.25, 0.3) is 0 Å². The van der Waals surface area contributed by atoms with Crippen molar-refractivity contribution in [2.75, 3.05) is 0 Å². The molecule has 11 heavy (non-hydrogen) atoms. The van der Waals surface area contributed by atoms with E-state index in [2.05, 4.69) is 0 Å². The van der Waals surface area contributed by atoms with Crippen molar-refractivity contribution in [2.24, 2.45) is 0 Å². The highest BCUT2D eigenvalue weighted by molar-refractivity contribution is 4.93. The Morgan fingerprint density at radius 2 is 2.36 bits per heavy atom. The minimum absolute atomic E-state index is 0.0756. The Labute approximate surface area is 64.9 Å². The van der Waals surface area contributed by atoms with Crippen LogP contribution in [0.15, 0.2) is 29.2 Å². The van der Waals surface area contributed by atoms with E-state index < -0.39 is 6.10 Å².